The highest BCUT2D eigenvalue weighted by molar-refractivity contribution is 7.88. The van der Waals surface area contributed by atoms with E-state index < -0.39 is 22.1 Å². The Labute approximate surface area is 116 Å². The molecule has 0 radical (unpaired) electrons. The van der Waals surface area contributed by atoms with E-state index in [0.717, 1.165) is 0 Å². The molecule has 108 valence electrons. The molecule has 1 rings (SSSR count). The number of hydrogen-bond donors (Lipinski definition) is 3. The zero-order chi connectivity index (χ0) is 15.2. The van der Waals surface area contributed by atoms with Crippen LogP contribution in [0.2, 0.25) is 0 Å². The molecule has 1 unspecified atom stereocenters. The zero-order valence-corrected chi connectivity index (χ0v) is 11.3. The number of nitrogens with zero attached hydrogens (tertiary/aromatic N) is 1. The molecule has 0 aliphatic rings. The number of aliphatic hydroxyl groups is 1. The van der Waals surface area contributed by atoms with Gasteiger partial charge in [0.2, 0.25) is 10.0 Å². The summed E-state index contributed by atoms with van der Waals surface area (Å²) < 4.78 is 25.7. The number of nitrogens with one attached hydrogen (secondary N) is 1. The Morgan fingerprint density at radius 2 is 2.15 bits per heavy atom. The molecule has 8 heteroatoms. The van der Waals surface area contributed by atoms with E-state index in [2.05, 4.69) is 4.72 Å². The quantitative estimate of drug-likeness (QED) is 0.640. The minimum Gasteiger partial charge on any atom is -0.479 e. The van der Waals surface area contributed by atoms with Crippen LogP contribution in [0.3, 0.4) is 0 Å². The standard InChI is InChI=1S/C12H14N2O5S/c13-7-9-2-1-3-10(6-9)8-20(18,19)14-5-4-11(15)12(16)17/h1-3,6,11,14-15H,4-5,8H2,(H,16,17). The van der Waals surface area contributed by atoms with Gasteiger partial charge in [0.1, 0.15) is 0 Å². The lowest BCUT2D eigenvalue weighted by Gasteiger charge is -2.08. The molecule has 0 bridgehead atoms. The molecule has 1 atom stereocenters. The van der Waals surface area contributed by atoms with Crippen molar-refractivity contribution in [1.82, 2.24) is 4.72 Å². The zero-order valence-electron chi connectivity index (χ0n) is 10.5. The van der Waals surface area contributed by atoms with Crippen LogP contribution in [0.1, 0.15) is 17.5 Å². The first-order valence-corrected chi connectivity index (χ1v) is 7.36. The maximum atomic E-state index is 11.7. The Balaban J connectivity index is 2.57. The van der Waals surface area contributed by atoms with E-state index in [1.807, 2.05) is 6.07 Å². The van der Waals surface area contributed by atoms with Crippen LogP contribution in [0, 0.1) is 11.3 Å². The monoisotopic (exact) mass is 298 g/mol. The van der Waals surface area contributed by atoms with Gasteiger partial charge in [0, 0.05) is 6.54 Å². The highest BCUT2D eigenvalue weighted by atomic mass is 32.2. The first-order valence-electron chi connectivity index (χ1n) is 5.71. The second-order valence-corrected chi connectivity index (χ2v) is 5.92. The average Bonchev–Trinajstić information content (AvgIpc) is 2.37. The van der Waals surface area contributed by atoms with Crippen molar-refractivity contribution in [2.24, 2.45) is 0 Å². The Hall–Kier alpha value is -1.95. The molecule has 0 saturated heterocycles. The number of rotatable bonds is 7. The molecule has 0 aliphatic carbocycles. The average molecular weight is 298 g/mol. The molecular weight excluding hydrogens is 284 g/mol. The smallest absolute Gasteiger partial charge is 0.332 e. The molecule has 1 aromatic rings. The fourth-order valence-electron chi connectivity index (χ4n) is 1.48. The number of hydrogen-bond acceptors (Lipinski definition) is 5. The van der Waals surface area contributed by atoms with E-state index in [9.17, 15) is 13.2 Å². The number of benzene rings is 1. The highest BCUT2D eigenvalue weighted by Gasteiger charge is 2.16. The molecular formula is C12H14N2O5S. The van der Waals surface area contributed by atoms with Crippen molar-refractivity contribution >= 4 is 16.0 Å². The molecule has 0 fully saturated rings. The molecule has 0 spiro atoms. The van der Waals surface area contributed by atoms with Crippen molar-refractivity contribution < 1.29 is 23.4 Å². The largest absolute Gasteiger partial charge is 0.479 e. The first-order chi connectivity index (χ1) is 9.34. The lowest BCUT2D eigenvalue weighted by molar-refractivity contribution is -0.146. The summed E-state index contributed by atoms with van der Waals surface area (Å²) in [7, 11) is -3.64. The lowest BCUT2D eigenvalue weighted by Crippen LogP contribution is -2.30. The van der Waals surface area contributed by atoms with Crippen molar-refractivity contribution in [3.8, 4) is 6.07 Å². The summed E-state index contributed by atoms with van der Waals surface area (Å²) in [5, 5.41) is 26.2. The van der Waals surface area contributed by atoms with Crippen LogP contribution in [0.4, 0.5) is 0 Å². The summed E-state index contributed by atoms with van der Waals surface area (Å²) in [6.07, 6.45) is -1.81. The summed E-state index contributed by atoms with van der Waals surface area (Å²) in [6, 6.07) is 8.09. The highest BCUT2D eigenvalue weighted by Crippen LogP contribution is 2.08. The molecule has 0 amide bonds. The molecule has 0 aromatic heterocycles. The number of aliphatic carboxylic acids is 1. The lowest BCUT2D eigenvalue weighted by atomic mass is 10.2. The summed E-state index contributed by atoms with van der Waals surface area (Å²) >= 11 is 0. The molecule has 0 heterocycles. The van der Waals surface area contributed by atoms with E-state index in [0.29, 0.717) is 11.1 Å². The van der Waals surface area contributed by atoms with Gasteiger partial charge < -0.3 is 10.2 Å². The van der Waals surface area contributed by atoms with Gasteiger partial charge in [-0.15, -0.1) is 0 Å². The Bertz CT molecular complexity index is 621. The summed E-state index contributed by atoms with van der Waals surface area (Å²) in [5.74, 6) is -1.71. The second-order valence-electron chi connectivity index (χ2n) is 4.11. The van der Waals surface area contributed by atoms with Crippen LogP contribution in [0.5, 0.6) is 0 Å². The van der Waals surface area contributed by atoms with Crippen LogP contribution in [-0.4, -0.2) is 37.2 Å². The van der Waals surface area contributed by atoms with Gasteiger partial charge >= 0.3 is 5.97 Å². The third kappa shape index (κ3) is 5.36. The Kier molecular flexibility index (Phi) is 5.64. The number of aliphatic hydroxyl groups excluding tert-OH is 1. The molecule has 1 aromatic carbocycles. The fraction of sp³-hybridized carbons (Fsp3) is 0.333. The van der Waals surface area contributed by atoms with Gasteiger partial charge in [-0.05, 0) is 24.1 Å². The maximum Gasteiger partial charge on any atom is 0.332 e. The second kappa shape index (κ2) is 7.00. The van der Waals surface area contributed by atoms with Crippen molar-refractivity contribution in [2.45, 2.75) is 18.3 Å². The predicted molar refractivity (Wildman–Crippen MR) is 70.0 cm³/mol. The third-order valence-corrected chi connectivity index (χ3v) is 3.79. The van der Waals surface area contributed by atoms with E-state index in [4.69, 9.17) is 15.5 Å². The van der Waals surface area contributed by atoms with Crippen LogP contribution >= 0.6 is 0 Å². The molecule has 20 heavy (non-hydrogen) atoms. The van der Waals surface area contributed by atoms with E-state index in [-0.39, 0.29) is 18.7 Å². The Morgan fingerprint density at radius 3 is 2.75 bits per heavy atom. The van der Waals surface area contributed by atoms with Gasteiger partial charge in [0.05, 0.1) is 17.4 Å². The third-order valence-electron chi connectivity index (χ3n) is 2.44. The van der Waals surface area contributed by atoms with Crippen molar-refractivity contribution in [2.75, 3.05) is 6.54 Å². The van der Waals surface area contributed by atoms with Gasteiger partial charge in [-0.3, -0.25) is 0 Å². The van der Waals surface area contributed by atoms with Crippen LogP contribution < -0.4 is 4.72 Å². The normalized spacial score (nSPS) is 12.6. The van der Waals surface area contributed by atoms with Crippen molar-refractivity contribution in [3.63, 3.8) is 0 Å². The van der Waals surface area contributed by atoms with Crippen molar-refractivity contribution in [1.29, 1.82) is 5.26 Å². The van der Waals surface area contributed by atoms with Crippen LogP contribution in [0.25, 0.3) is 0 Å². The minimum absolute atomic E-state index is 0.173. The number of nitriles is 1. The summed E-state index contributed by atoms with van der Waals surface area (Å²) in [6.45, 7) is -0.173. The number of carbonyl (C=O) groups is 1. The fourth-order valence-corrected chi connectivity index (χ4v) is 2.63. The van der Waals surface area contributed by atoms with E-state index in [1.54, 1.807) is 18.2 Å². The molecule has 0 saturated carbocycles. The van der Waals surface area contributed by atoms with Gasteiger partial charge in [-0.1, -0.05) is 12.1 Å². The van der Waals surface area contributed by atoms with E-state index in [1.165, 1.54) is 6.07 Å². The number of carboxylic acids is 1. The van der Waals surface area contributed by atoms with Crippen LogP contribution in [0.15, 0.2) is 24.3 Å². The molecule has 7 nitrogen and oxygen atoms in total. The van der Waals surface area contributed by atoms with E-state index >= 15 is 0 Å². The number of carboxylic acid groups (broad SMARTS) is 1. The molecule has 3 N–H and O–H groups in total. The van der Waals surface area contributed by atoms with Gasteiger partial charge in [-0.25, -0.2) is 17.9 Å². The maximum absolute atomic E-state index is 11.7. The Morgan fingerprint density at radius 1 is 1.45 bits per heavy atom. The summed E-state index contributed by atoms with van der Waals surface area (Å²) in [4.78, 5) is 10.4. The summed E-state index contributed by atoms with van der Waals surface area (Å²) in [5.41, 5.74) is 0.814. The minimum atomic E-state index is -3.64. The molecule has 0 aliphatic heterocycles. The SMILES string of the molecule is N#Cc1cccc(CS(=O)(=O)NCCC(O)C(=O)O)c1. The van der Waals surface area contributed by atoms with Gasteiger partial charge in [-0.2, -0.15) is 5.26 Å². The van der Waals surface area contributed by atoms with Gasteiger partial charge in [0.25, 0.3) is 0 Å². The topological polar surface area (TPSA) is 127 Å². The first kappa shape index (κ1) is 16.1. The number of sulfonamides is 1. The van der Waals surface area contributed by atoms with Crippen molar-refractivity contribution in [3.05, 3.63) is 35.4 Å². The van der Waals surface area contributed by atoms with Gasteiger partial charge in [0.15, 0.2) is 6.10 Å². The van der Waals surface area contributed by atoms with Crippen LogP contribution in [-0.2, 0) is 20.6 Å². The predicted octanol–water partition coefficient (Wildman–Crippen LogP) is -0.187.